The average molecular weight is 665 g/mol. The molecule has 1 aromatic rings. The predicted octanol–water partition coefficient (Wildman–Crippen LogP) is -2.87. The Hall–Kier alpha value is -4.74. The number of unbranched alkanes of at least 4 members (excludes halogenated alkanes) is 1. The third-order valence-corrected chi connectivity index (χ3v) is 6.95. The molecule has 0 bridgehead atoms. The Morgan fingerprint density at radius 1 is 0.787 bits per heavy atom. The fraction of sp³-hybridized carbons (Fsp3) is 0.655. The van der Waals surface area contributed by atoms with Crippen molar-refractivity contribution in [3.63, 3.8) is 0 Å². The molecule has 1 heterocycles. The van der Waals surface area contributed by atoms with Crippen LogP contribution in [0.4, 0.5) is 0 Å². The van der Waals surface area contributed by atoms with Crippen LogP contribution in [0, 0.1) is 5.92 Å². The van der Waals surface area contributed by atoms with Crippen LogP contribution in [0.1, 0.15) is 71.9 Å². The molecule has 0 radical (unpaired) electrons. The normalized spacial score (nSPS) is 14.1. The Kier molecular flexibility index (Phi) is 18.1. The molecule has 0 aliphatic carbocycles. The molecule has 0 saturated carbocycles. The first-order valence-corrected chi connectivity index (χ1v) is 15.6. The highest BCUT2D eigenvalue weighted by molar-refractivity contribution is 5.96. The molecule has 18 nitrogen and oxygen atoms in total. The maximum absolute atomic E-state index is 13.7. The lowest BCUT2D eigenvalue weighted by molar-refractivity contribution is -0.135. The Labute approximate surface area is 274 Å². The molecule has 0 spiro atoms. The van der Waals surface area contributed by atoms with E-state index in [4.69, 9.17) is 22.9 Å². The summed E-state index contributed by atoms with van der Waals surface area (Å²) < 4.78 is 0. The van der Waals surface area contributed by atoms with Crippen LogP contribution >= 0.6 is 0 Å². The summed E-state index contributed by atoms with van der Waals surface area (Å²) in [6.45, 7) is 7.07. The highest BCUT2D eigenvalue weighted by Gasteiger charge is 2.32. The number of aromatic amines is 1. The number of aliphatic imine (C=N–C) groups is 1. The molecular formula is C29H52N12O6. The molecule has 0 unspecified atom stereocenters. The van der Waals surface area contributed by atoms with Crippen LogP contribution in [0.5, 0.6) is 0 Å². The summed E-state index contributed by atoms with van der Waals surface area (Å²) in [6.07, 6.45) is 4.85. The van der Waals surface area contributed by atoms with Gasteiger partial charge in [-0.1, -0.05) is 13.8 Å². The van der Waals surface area contributed by atoms with Crippen molar-refractivity contribution in [2.75, 3.05) is 13.1 Å². The van der Waals surface area contributed by atoms with E-state index in [2.05, 4.69) is 41.5 Å². The molecule has 0 aliphatic rings. The van der Waals surface area contributed by atoms with Gasteiger partial charge in [-0.3, -0.25) is 33.8 Å². The van der Waals surface area contributed by atoms with Gasteiger partial charge in [0.15, 0.2) is 5.96 Å². The van der Waals surface area contributed by atoms with Gasteiger partial charge in [0.25, 0.3) is 0 Å². The van der Waals surface area contributed by atoms with Crippen molar-refractivity contribution in [3.8, 4) is 0 Å². The molecule has 1 aromatic heterocycles. The number of H-pyrrole nitrogens is 1. The Bertz CT molecular complexity index is 1200. The van der Waals surface area contributed by atoms with Crippen molar-refractivity contribution in [3.05, 3.63) is 18.2 Å². The van der Waals surface area contributed by atoms with Gasteiger partial charge in [-0.05, 0) is 57.9 Å². The van der Waals surface area contributed by atoms with Crippen LogP contribution in [-0.4, -0.2) is 94.7 Å². The van der Waals surface area contributed by atoms with E-state index in [1.807, 2.05) is 13.8 Å². The fourth-order valence-corrected chi connectivity index (χ4v) is 4.56. The van der Waals surface area contributed by atoms with Gasteiger partial charge < -0.3 is 54.5 Å². The minimum atomic E-state index is -1.19. The third kappa shape index (κ3) is 16.4. The van der Waals surface area contributed by atoms with E-state index in [1.54, 1.807) is 0 Å². The van der Waals surface area contributed by atoms with Crippen molar-refractivity contribution in [1.82, 2.24) is 36.6 Å². The largest absolute Gasteiger partial charge is 0.370 e. The van der Waals surface area contributed by atoms with Gasteiger partial charge in [-0.15, -0.1) is 0 Å². The lowest BCUT2D eigenvalue weighted by atomic mass is 10.0. The van der Waals surface area contributed by atoms with E-state index in [9.17, 15) is 28.8 Å². The number of carbonyl (C=O) groups excluding carboxylic acids is 6. The van der Waals surface area contributed by atoms with Crippen LogP contribution in [-0.2, 0) is 35.2 Å². The molecule has 18 heteroatoms. The maximum atomic E-state index is 13.7. The van der Waals surface area contributed by atoms with E-state index in [0.717, 1.165) is 0 Å². The van der Waals surface area contributed by atoms with Crippen molar-refractivity contribution < 1.29 is 28.8 Å². The number of nitrogens with zero attached hydrogens (tertiary/aromatic N) is 2. The van der Waals surface area contributed by atoms with E-state index in [1.165, 1.54) is 26.4 Å². The molecule has 264 valence electrons. The van der Waals surface area contributed by atoms with Crippen LogP contribution in [0.3, 0.4) is 0 Å². The number of aromatic nitrogens is 2. The van der Waals surface area contributed by atoms with Gasteiger partial charge in [0.1, 0.15) is 30.2 Å². The van der Waals surface area contributed by atoms with Crippen molar-refractivity contribution in [1.29, 1.82) is 0 Å². The van der Waals surface area contributed by atoms with Crippen molar-refractivity contribution in [2.45, 2.75) is 103 Å². The van der Waals surface area contributed by atoms with Crippen LogP contribution in [0.2, 0.25) is 0 Å². The number of nitrogens with one attached hydrogen (secondary N) is 6. The molecular weight excluding hydrogens is 612 g/mol. The van der Waals surface area contributed by atoms with Crippen molar-refractivity contribution >= 4 is 41.4 Å². The second kappa shape index (κ2) is 21.1. The highest BCUT2D eigenvalue weighted by Crippen LogP contribution is 2.09. The van der Waals surface area contributed by atoms with E-state index >= 15 is 0 Å². The molecule has 47 heavy (non-hydrogen) atoms. The predicted molar refractivity (Wildman–Crippen MR) is 175 cm³/mol. The fourth-order valence-electron chi connectivity index (χ4n) is 4.56. The van der Waals surface area contributed by atoms with Crippen LogP contribution in [0.25, 0.3) is 0 Å². The Morgan fingerprint density at radius 2 is 1.36 bits per heavy atom. The number of guanidine groups is 1. The lowest BCUT2D eigenvalue weighted by Crippen LogP contribution is -2.59. The molecule has 5 atom stereocenters. The zero-order valence-electron chi connectivity index (χ0n) is 27.6. The first-order chi connectivity index (χ1) is 22.1. The molecule has 6 amide bonds. The summed E-state index contributed by atoms with van der Waals surface area (Å²) >= 11 is 0. The summed E-state index contributed by atoms with van der Waals surface area (Å²) in [4.78, 5) is 87.6. The average Bonchev–Trinajstić information content (AvgIpc) is 3.49. The number of hydrogen-bond donors (Lipinski definition) is 10. The van der Waals surface area contributed by atoms with Gasteiger partial charge in [-0.2, -0.15) is 0 Å². The summed E-state index contributed by atoms with van der Waals surface area (Å²) in [6, 6.07) is -5.27. The summed E-state index contributed by atoms with van der Waals surface area (Å²) in [5, 5.41) is 13.1. The van der Waals surface area contributed by atoms with Crippen LogP contribution in [0.15, 0.2) is 17.5 Å². The molecule has 14 N–H and O–H groups in total. The van der Waals surface area contributed by atoms with Crippen LogP contribution < -0.4 is 49.5 Å². The molecule has 0 aliphatic heterocycles. The third-order valence-electron chi connectivity index (χ3n) is 6.95. The smallest absolute Gasteiger partial charge is 0.243 e. The number of imidazole rings is 1. The second-order valence-corrected chi connectivity index (χ2v) is 11.7. The van der Waals surface area contributed by atoms with Gasteiger partial charge >= 0.3 is 0 Å². The van der Waals surface area contributed by atoms with E-state index in [0.29, 0.717) is 31.5 Å². The SMILES string of the molecule is CC(=O)N[C@@H](C)C(=O)N[C@@H](CC(C)C)C(=O)N[C@@H](CCCCN)C(=O)N[C@@H](Cc1cnc[nH]1)C(=O)N[C@@H](CCCN=C(N)N)C(N)=O. The Morgan fingerprint density at radius 3 is 1.91 bits per heavy atom. The van der Waals surface area contributed by atoms with Gasteiger partial charge in [0.2, 0.25) is 35.4 Å². The van der Waals surface area contributed by atoms with E-state index < -0.39 is 65.7 Å². The summed E-state index contributed by atoms with van der Waals surface area (Å²) in [5.74, 6) is -3.85. The zero-order valence-corrected chi connectivity index (χ0v) is 27.6. The highest BCUT2D eigenvalue weighted by atomic mass is 16.2. The van der Waals surface area contributed by atoms with Gasteiger partial charge in [-0.25, -0.2) is 4.98 Å². The van der Waals surface area contributed by atoms with E-state index in [-0.39, 0.29) is 44.1 Å². The Balaban J connectivity index is 3.20. The number of hydrogen-bond acceptors (Lipinski definition) is 9. The minimum absolute atomic E-state index is 0.00760. The van der Waals surface area contributed by atoms with Crippen molar-refractivity contribution in [2.24, 2.45) is 33.8 Å². The first-order valence-electron chi connectivity index (χ1n) is 15.6. The first kappa shape index (κ1) is 40.3. The number of primary amides is 1. The summed E-state index contributed by atoms with van der Waals surface area (Å²) in [5.41, 5.74) is 22.4. The number of carbonyl (C=O) groups is 6. The summed E-state index contributed by atoms with van der Waals surface area (Å²) in [7, 11) is 0. The molecule has 0 fully saturated rings. The molecule has 0 saturated heterocycles. The standard InChI is InChI=1S/C29H52N12O6/c1-16(2)12-22(40-25(44)17(3)37-18(4)42)27(46)39-21(8-5-6-10-30)26(45)41-23(13-19-14-34-15-36-19)28(47)38-20(24(31)43)9-7-11-35-29(32)33/h14-17,20-23H,5-13,30H2,1-4H3,(H2,31,43)(H,34,36)(H,37,42)(H,38,47)(H,39,46)(H,40,44)(H,41,45)(H4,32,33,35)/t17-,20-,21-,22-,23-/m0/s1. The quantitative estimate of drug-likeness (QED) is 0.0343. The topological polar surface area (TPSA) is 308 Å². The monoisotopic (exact) mass is 664 g/mol. The van der Waals surface area contributed by atoms with Gasteiger partial charge in [0, 0.05) is 31.8 Å². The maximum Gasteiger partial charge on any atom is 0.243 e. The van der Waals surface area contributed by atoms with Gasteiger partial charge in [0.05, 0.1) is 6.33 Å². The minimum Gasteiger partial charge on any atom is -0.370 e. The number of rotatable bonds is 22. The lowest BCUT2D eigenvalue weighted by Gasteiger charge is -2.27. The number of nitrogens with two attached hydrogens (primary N) is 4. The molecule has 0 aromatic carbocycles. The second-order valence-electron chi connectivity index (χ2n) is 11.7. The number of amides is 6. The molecule has 1 rings (SSSR count). The zero-order chi connectivity index (χ0) is 35.5.